The molecule has 162 valence electrons. The van der Waals surface area contributed by atoms with Gasteiger partial charge in [0.2, 0.25) is 0 Å². The second kappa shape index (κ2) is 9.03. The molecule has 0 saturated heterocycles. The van der Waals surface area contributed by atoms with Crippen LogP contribution in [0.1, 0.15) is 17.7 Å². The van der Waals surface area contributed by atoms with Crippen molar-refractivity contribution in [2.24, 2.45) is 0 Å². The number of aromatic nitrogens is 4. The maximum atomic E-state index is 14.3. The molecule has 0 unspecified atom stereocenters. The van der Waals surface area contributed by atoms with Crippen molar-refractivity contribution in [3.05, 3.63) is 59.9 Å². The number of sulfone groups is 1. The van der Waals surface area contributed by atoms with Gasteiger partial charge in [-0.05, 0) is 30.7 Å². The van der Waals surface area contributed by atoms with Crippen LogP contribution in [0.3, 0.4) is 0 Å². The first-order chi connectivity index (χ1) is 15.0. The third-order valence-corrected chi connectivity index (χ3v) is 6.82. The van der Waals surface area contributed by atoms with Gasteiger partial charge in [-0.2, -0.15) is 0 Å². The van der Waals surface area contributed by atoms with E-state index in [0.29, 0.717) is 49.9 Å². The molecule has 0 spiro atoms. The van der Waals surface area contributed by atoms with Crippen molar-refractivity contribution < 1.29 is 17.5 Å². The van der Waals surface area contributed by atoms with Crippen LogP contribution in [0.2, 0.25) is 0 Å². The van der Waals surface area contributed by atoms with Crippen molar-refractivity contribution in [2.75, 3.05) is 30.9 Å². The fourth-order valence-electron chi connectivity index (χ4n) is 3.48. The lowest BCUT2D eigenvalue weighted by Gasteiger charge is -2.30. The third kappa shape index (κ3) is 4.86. The number of ether oxygens (including phenoxy) is 1. The number of hydrogen-bond donors (Lipinski definition) is 0. The minimum atomic E-state index is -3.60. The molecule has 0 N–H and O–H groups in total. The minimum absolute atomic E-state index is 0.0165. The van der Waals surface area contributed by atoms with Gasteiger partial charge < -0.3 is 9.64 Å². The van der Waals surface area contributed by atoms with Gasteiger partial charge in [0.1, 0.15) is 5.82 Å². The number of rotatable bonds is 7. The first kappa shape index (κ1) is 21.3. The van der Waals surface area contributed by atoms with Crippen molar-refractivity contribution in [1.29, 1.82) is 0 Å². The predicted octanol–water partition coefficient (Wildman–Crippen LogP) is 2.45. The van der Waals surface area contributed by atoms with Crippen LogP contribution in [0, 0.1) is 5.82 Å². The van der Waals surface area contributed by atoms with Crippen LogP contribution in [0.15, 0.2) is 47.8 Å². The topological polar surface area (TPSA) is 98.2 Å². The molecule has 0 bridgehead atoms. The van der Waals surface area contributed by atoms with Gasteiger partial charge in [-0.15, -0.1) is 0 Å². The molecule has 31 heavy (non-hydrogen) atoms. The van der Waals surface area contributed by atoms with Crippen LogP contribution >= 0.6 is 0 Å². The standard InChI is InChI=1S/C21H22FN5O3S/c1-30-8-3-9-31(28,29)18-11-16(22)10-17(12-18)27-7-4-19-15(14-27)13-25-21(26-19)20-23-5-2-6-24-20/h2,5-6,10-13H,3-4,7-9,14H2,1H3. The molecule has 0 aliphatic carbocycles. The maximum absolute atomic E-state index is 14.3. The fourth-order valence-corrected chi connectivity index (χ4v) is 4.81. The zero-order chi connectivity index (χ0) is 21.8. The Balaban J connectivity index is 1.56. The van der Waals surface area contributed by atoms with Gasteiger partial charge in [0.05, 0.1) is 16.3 Å². The zero-order valence-electron chi connectivity index (χ0n) is 17.0. The molecule has 0 radical (unpaired) electrons. The van der Waals surface area contributed by atoms with Crippen molar-refractivity contribution in [3.63, 3.8) is 0 Å². The molecule has 1 aromatic carbocycles. The Kier molecular flexibility index (Phi) is 6.19. The molecular formula is C21H22FN5O3S. The number of hydrogen-bond acceptors (Lipinski definition) is 8. The van der Waals surface area contributed by atoms with Crippen molar-refractivity contribution in [2.45, 2.75) is 24.3 Å². The molecule has 4 rings (SSSR count). The second-order valence-corrected chi connectivity index (χ2v) is 9.33. The lowest BCUT2D eigenvalue weighted by atomic mass is 10.1. The Morgan fingerprint density at radius 1 is 1.13 bits per heavy atom. The number of nitrogens with zero attached hydrogens (tertiary/aromatic N) is 5. The highest BCUT2D eigenvalue weighted by Crippen LogP contribution is 2.28. The Labute approximate surface area is 180 Å². The summed E-state index contributed by atoms with van der Waals surface area (Å²) in [6.45, 7) is 1.36. The van der Waals surface area contributed by atoms with Gasteiger partial charge in [-0.1, -0.05) is 0 Å². The molecule has 1 aliphatic rings. The molecule has 0 fully saturated rings. The Hall–Kier alpha value is -2.98. The van der Waals surface area contributed by atoms with Gasteiger partial charge in [-0.3, -0.25) is 0 Å². The summed E-state index contributed by atoms with van der Waals surface area (Å²) < 4.78 is 44.4. The molecule has 10 heteroatoms. The van der Waals surface area contributed by atoms with Crippen LogP contribution in [0.5, 0.6) is 0 Å². The van der Waals surface area contributed by atoms with Crippen molar-refractivity contribution in [3.8, 4) is 11.6 Å². The number of methoxy groups -OCH3 is 1. The average molecular weight is 444 g/mol. The smallest absolute Gasteiger partial charge is 0.197 e. The van der Waals surface area contributed by atoms with E-state index in [4.69, 9.17) is 4.74 Å². The number of benzene rings is 1. The number of anilines is 1. The summed E-state index contributed by atoms with van der Waals surface area (Å²) >= 11 is 0. The quantitative estimate of drug-likeness (QED) is 0.514. The molecule has 3 heterocycles. The van der Waals surface area contributed by atoms with Gasteiger partial charge in [0.15, 0.2) is 21.5 Å². The van der Waals surface area contributed by atoms with Crippen LogP contribution < -0.4 is 4.90 Å². The SMILES string of the molecule is COCCCS(=O)(=O)c1cc(F)cc(N2CCc3nc(-c4ncccn4)ncc3C2)c1. The van der Waals surface area contributed by atoms with Crippen LogP contribution in [-0.4, -0.2) is 54.4 Å². The monoisotopic (exact) mass is 443 g/mol. The Bertz CT molecular complexity index is 1170. The molecule has 1 aliphatic heterocycles. The summed E-state index contributed by atoms with van der Waals surface area (Å²) in [6.07, 6.45) is 5.97. The summed E-state index contributed by atoms with van der Waals surface area (Å²) in [4.78, 5) is 19.2. The summed E-state index contributed by atoms with van der Waals surface area (Å²) in [7, 11) is -2.08. The second-order valence-electron chi connectivity index (χ2n) is 7.22. The van der Waals surface area contributed by atoms with E-state index in [0.717, 1.165) is 17.3 Å². The van der Waals surface area contributed by atoms with E-state index in [1.807, 2.05) is 4.90 Å². The first-order valence-corrected chi connectivity index (χ1v) is 11.5. The zero-order valence-corrected chi connectivity index (χ0v) is 17.8. The summed E-state index contributed by atoms with van der Waals surface area (Å²) in [6, 6.07) is 5.68. The third-order valence-electron chi connectivity index (χ3n) is 5.04. The molecule has 3 aromatic rings. The summed E-state index contributed by atoms with van der Waals surface area (Å²) in [5, 5.41) is 0. The van der Waals surface area contributed by atoms with E-state index in [2.05, 4.69) is 19.9 Å². The van der Waals surface area contributed by atoms with Crippen molar-refractivity contribution in [1.82, 2.24) is 19.9 Å². The first-order valence-electron chi connectivity index (χ1n) is 9.86. The lowest BCUT2D eigenvalue weighted by Crippen LogP contribution is -2.31. The minimum Gasteiger partial charge on any atom is -0.385 e. The van der Waals surface area contributed by atoms with E-state index in [1.165, 1.54) is 19.2 Å². The summed E-state index contributed by atoms with van der Waals surface area (Å²) in [5.41, 5.74) is 2.31. The maximum Gasteiger partial charge on any atom is 0.197 e. The molecular weight excluding hydrogens is 421 g/mol. The van der Waals surface area contributed by atoms with Crippen LogP contribution in [0.25, 0.3) is 11.6 Å². The van der Waals surface area contributed by atoms with Crippen LogP contribution in [-0.2, 0) is 27.5 Å². The highest BCUT2D eigenvalue weighted by molar-refractivity contribution is 7.91. The molecule has 2 aromatic heterocycles. The molecule has 0 atom stereocenters. The fraction of sp³-hybridized carbons (Fsp3) is 0.333. The highest BCUT2D eigenvalue weighted by Gasteiger charge is 2.23. The Morgan fingerprint density at radius 2 is 1.94 bits per heavy atom. The number of fused-ring (bicyclic) bond motifs is 1. The lowest BCUT2D eigenvalue weighted by molar-refractivity contribution is 0.199. The van der Waals surface area contributed by atoms with Gasteiger partial charge in [0.25, 0.3) is 0 Å². The van der Waals surface area contributed by atoms with Crippen LogP contribution in [0.4, 0.5) is 10.1 Å². The number of halogens is 1. The van der Waals surface area contributed by atoms with Crippen molar-refractivity contribution >= 4 is 15.5 Å². The normalized spacial score (nSPS) is 13.8. The highest BCUT2D eigenvalue weighted by atomic mass is 32.2. The van der Waals surface area contributed by atoms with E-state index < -0.39 is 15.7 Å². The van der Waals surface area contributed by atoms with E-state index >= 15 is 0 Å². The van der Waals surface area contributed by atoms with Gasteiger partial charge >= 0.3 is 0 Å². The van der Waals surface area contributed by atoms with E-state index in [1.54, 1.807) is 24.7 Å². The average Bonchev–Trinajstić information content (AvgIpc) is 2.78. The predicted molar refractivity (Wildman–Crippen MR) is 113 cm³/mol. The molecule has 8 nitrogen and oxygen atoms in total. The van der Waals surface area contributed by atoms with E-state index in [-0.39, 0.29) is 10.6 Å². The molecule has 0 saturated carbocycles. The summed E-state index contributed by atoms with van der Waals surface area (Å²) in [5.74, 6) is 0.246. The van der Waals surface area contributed by atoms with Gasteiger partial charge in [-0.25, -0.2) is 32.7 Å². The Morgan fingerprint density at radius 3 is 2.71 bits per heavy atom. The molecule has 0 amide bonds. The van der Waals surface area contributed by atoms with Gasteiger partial charge in [0, 0.05) is 63.1 Å². The largest absolute Gasteiger partial charge is 0.385 e. The van der Waals surface area contributed by atoms with E-state index in [9.17, 15) is 12.8 Å².